The second-order valence-electron chi connectivity index (χ2n) is 7.15. The van der Waals surface area contributed by atoms with Crippen LogP contribution in [0.4, 0.5) is 11.4 Å². The third-order valence-electron chi connectivity index (χ3n) is 5.07. The molecular weight excluding hydrogens is 416 g/mol. The molecule has 0 saturated carbocycles. The average molecular weight is 443 g/mol. The van der Waals surface area contributed by atoms with E-state index < -0.39 is 5.97 Å². The van der Waals surface area contributed by atoms with E-state index in [-0.39, 0.29) is 11.0 Å². The summed E-state index contributed by atoms with van der Waals surface area (Å²) in [6.07, 6.45) is 0. The van der Waals surface area contributed by atoms with Crippen LogP contribution in [0.2, 0.25) is 0 Å². The molecule has 0 radical (unpaired) electrons. The van der Waals surface area contributed by atoms with E-state index in [4.69, 9.17) is 21.7 Å². The van der Waals surface area contributed by atoms with Gasteiger partial charge in [-0.3, -0.25) is 10.1 Å². The standard InChI is InChI=1S/C22H26N4O4S/c1-25-9-11-26(12-10-25)19-8-7-16(21(28)30-3)14-18(19)23-22(31)24-20(27)15-5-4-6-17(13-15)29-2/h4-8,13-14H,9-12H2,1-3H3,(H2,23,24,27,31). The first-order valence-corrected chi connectivity index (χ1v) is 10.2. The lowest BCUT2D eigenvalue weighted by molar-refractivity contribution is 0.0600. The molecule has 0 bridgehead atoms. The van der Waals surface area contributed by atoms with Gasteiger partial charge in [0.1, 0.15) is 5.75 Å². The van der Waals surface area contributed by atoms with E-state index in [1.807, 2.05) is 6.07 Å². The molecule has 0 atom stereocenters. The fraction of sp³-hybridized carbons (Fsp3) is 0.318. The number of carbonyl (C=O) groups excluding carboxylic acids is 2. The summed E-state index contributed by atoms with van der Waals surface area (Å²) in [5.41, 5.74) is 2.35. The number of esters is 1. The van der Waals surface area contributed by atoms with E-state index in [9.17, 15) is 9.59 Å². The predicted molar refractivity (Wildman–Crippen MR) is 124 cm³/mol. The van der Waals surface area contributed by atoms with Crippen molar-refractivity contribution in [3.05, 3.63) is 53.6 Å². The van der Waals surface area contributed by atoms with Crippen molar-refractivity contribution in [3.63, 3.8) is 0 Å². The molecule has 0 spiro atoms. The van der Waals surface area contributed by atoms with Crippen molar-refractivity contribution in [2.45, 2.75) is 0 Å². The molecule has 1 aliphatic rings. The Bertz CT molecular complexity index is 974. The lowest BCUT2D eigenvalue weighted by Crippen LogP contribution is -2.45. The van der Waals surface area contributed by atoms with Gasteiger partial charge in [-0.05, 0) is 55.7 Å². The number of amides is 1. The van der Waals surface area contributed by atoms with Gasteiger partial charge in [-0.25, -0.2) is 4.79 Å². The number of nitrogens with one attached hydrogen (secondary N) is 2. The van der Waals surface area contributed by atoms with Crippen molar-refractivity contribution in [2.75, 3.05) is 57.7 Å². The summed E-state index contributed by atoms with van der Waals surface area (Å²) in [6, 6.07) is 12.1. The normalized spacial score (nSPS) is 14.0. The lowest BCUT2D eigenvalue weighted by atomic mass is 10.1. The molecule has 2 N–H and O–H groups in total. The molecule has 2 aromatic rings. The molecule has 164 valence electrons. The molecular formula is C22H26N4O4S. The summed E-state index contributed by atoms with van der Waals surface area (Å²) in [6.45, 7) is 3.53. The van der Waals surface area contributed by atoms with Crippen molar-refractivity contribution in [3.8, 4) is 5.75 Å². The molecule has 31 heavy (non-hydrogen) atoms. The maximum Gasteiger partial charge on any atom is 0.337 e. The van der Waals surface area contributed by atoms with Gasteiger partial charge in [0.2, 0.25) is 0 Å². The zero-order chi connectivity index (χ0) is 22.4. The Labute approximate surface area is 187 Å². The van der Waals surface area contributed by atoms with E-state index in [1.165, 1.54) is 14.2 Å². The molecule has 9 heteroatoms. The zero-order valence-electron chi connectivity index (χ0n) is 17.8. The number of ether oxygens (including phenoxy) is 2. The number of thiocarbonyl (C=S) groups is 1. The number of methoxy groups -OCH3 is 2. The van der Waals surface area contributed by atoms with Gasteiger partial charge in [-0.2, -0.15) is 0 Å². The summed E-state index contributed by atoms with van der Waals surface area (Å²) in [4.78, 5) is 29.1. The molecule has 1 fully saturated rings. The smallest absolute Gasteiger partial charge is 0.337 e. The minimum Gasteiger partial charge on any atom is -0.497 e. The second kappa shape index (κ2) is 10.2. The van der Waals surface area contributed by atoms with Gasteiger partial charge in [-0.1, -0.05) is 6.07 Å². The Kier molecular flexibility index (Phi) is 7.43. The summed E-state index contributed by atoms with van der Waals surface area (Å²) in [5.74, 6) is -0.226. The van der Waals surface area contributed by atoms with Gasteiger partial charge < -0.3 is 24.6 Å². The van der Waals surface area contributed by atoms with Crippen LogP contribution < -0.4 is 20.3 Å². The fourth-order valence-electron chi connectivity index (χ4n) is 3.30. The quantitative estimate of drug-likeness (QED) is 0.540. The first-order valence-electron chi connectivity index (χ1n) is 9.83. The highest BCUT2D eigenvalue weighted by Gasteiger charge is 2.20. The number of hydrogen-bond acceptors (Lipinski definition) is 7. The van der Waals surface area contributed by atoms with Crippen LogP contribution >= 0.6 is 12.2 Å². The van der Waals surface area contributed by atoms with Crippen molar-refractivity contribution >= 4 is 40.6 Å². The van der Waals surface area contributed by atoms with Gasteiger partial charge in [0.15, 0.2) is 5.11 Å². The molecule has 3 rings (SSSR count). The number of nitrogens with zero attached hydrogens (tertiary/aromatic N) is 2. The van der Waals surface area contributed by atoms with Crippen LogP contribution in [-0.2, 0) is 4.74 Å². The van der Waals surface area contributed by atoms with Gasteiger partial charge in [0, 0.05) is 31.7 Å². The Morgan fingerprint density at radius 2 is 1.74 bits per heavy atom. The topological polar surface area (TPSA) is 83.1 Å². The largest absolute Gasteiger partial charge is 0.497 e. The zero-order valence-corrected chi connectivity index (χ0v) is 18.6. The molecule has 0 aromatic heterocycles. The second-order valence-corrected chi connectivity index (χ2v) is 7.56. The summed E-state index contributed by atoms with van der Waals surface area (Å²) < 4.78 is 10.00. The molecule has 1 saturated heterocycles. The number of carbonyl (C=O) groups is 2. The fourth-order valence-corrected chi connectivity index (χ4v) is 3.50. The maximum atomic E-state index is 12.6. The maximum absolute atomic E-state index is 12.6. The number of rotatable bonds is 5. The minimum absolute atomic E-state index is 0.130. The van der Waals surface area contributed by atoms with E-state index >= 15 is 0 Å². The summed E-state index contributed by atoms with van der Waals surface area (Å²) in [7, 11) is 4.96. The average Bonchev–Trinajstić information content (AvgIpc) is 2.79. The predicted octanol–water partition coefficient (Wildman–Crippen LogP) is 2.36. The van der Waals surface area contributed by atoms with E-state index in [1.54, 1.807) is 36.4 Å². The number of hydrogen-bond donors (Lipinski definition) is 2. The van der Waals surface area contributed by atoms with Crippen LogP contribution in [0.1, 0.15) is 20.7 Å². The SMILES string of the molecule is COC(=O)c1ccc(N2CCN(C)CC2)c(NC(=S)NC(=O)c2cccc(OC)c2)c1. The third-order valence-corrected chi connectivity index (χ3v) is 5.27. The van der Waals surface area contributed by atoms with Crippen LogP contribution in [0.15, 0.2) is 42.5 Å². The minimum atomic E-state index is -0.445. The Balaban J connectivity index is 1.79. The number of benzene rings is 2. The Morgan fingerprint density at radius 3 is 2.42 bits per heavy atom. The molecule has 1 aliphatic heterocycles. The number of likely N-dealkylation sites (N-methyl/N-ethyl adjacent to an activating group) is 1. The van der Waals surface area contributed by atoms with Crippen molar-refractivity contribution in [2.24, 2.45) is 0 Å². The van der Waals surface area contributed by atoms with Gasteiger partial charge in [0.25, 0.3) is 5.91 Å². The molecule has 2 aromatic carbocycles. The highest BCUT2D eigenvalue weighted by Crippen LogP contribution is 2.28. The van der Waals surface area contributed by atoms with Crippen molar-refractivity contribution in [1.29, 1.82) is 0 Å². The van der Waals surface area contributed by atoms with Gasteiger partial charge in [0.05, 0.1) is 31.2 Å². The molecule has 0 unspecified atom stereocenters. The van der Waals surface area contributed by atoms with Crippen LogP contribution in [0, 0.1) is 0 Å². The highest BCUT2D eigenvalue weighted by molar-refractivity contribution is 7.80. The molecule has 1 heterocycles. The van der Waals surface area contributed by atoms with Crippen molar-refractivity contribution < 1.29 is 19.1 Å². The van der Waals surface area contributed by atoms with Crippen LogP contribution in [-0.4, -0.2) is 69.3 Å². The number of piperazine rings is 1. The Morgan fingerprint density at radius 1 is 1.00 bits per heavy atom. The summed E-state index contributed by atoms with van der Waals surface area (Å²) >= 11 is 5.37. The van der Waals surface area contributed by atoms with Crippen molar-refractivity contribution in [1.82, 2.24) is 10.2 Å². The monoisotopic (exact) mass is 442 g/mol. The molecule has 8 nitrogen and oxygen atoms in total. The summed E-state index contributed by atoms with van der Waals surface area (Å²) in [5, 5.41) is 5.88. The first kappa shape index (κ1) is 22.5. The molecule has 1 amide bonds. The lowest BCUT2D eigenvalue weighted by Gasteiger charge is -2.35. The van der Waals surface area contributed by atoms with Crippen LogP contribution in [0.5, 0.6) is 5.75 Å². The van der Waals surface area contributed by atoms with Gasteiger partial charge >= 0.3 is 5.97 Å². The molecule has 0 aliphatic carbocycles. The van der Waals surface area contributed by atoms with Gasteiger partial charge in [-0.15, -0.1) is 0 Å². The van der Waals surface area contributed by atoms with E-state index in [0.717, 1.165) is 31.9 Å². The van der Waals surface area contributed by atoms with Crippen LogP contribution in [0.25, 0.3) is 0 Å². The highest BCUT2D eigenvalue weighted by atomic mass is 32.1. The Hall–Kier alpha value is -3.17. The first-order chi connectivity index (χ1) is 14.9. The van der Waals surface area contributed by atoms with E-state index in [0.29, 0.717) is 22.6 Å². The van der Waals surface area contributed by atoms with E-state index in [2.05, 4.69) is 27.5 Å². The number of anilines is 2. The van der Waals surface area contributed by atoms with Crippen LogP contribution in [0.3, 0.4) is 0 Å². The third kappa shape index (κ3) is 5.71.